The molecule has 0 atom stereocenters. The van der Waals surface area contributed by atoms with Gasteiger partial charge >= 0.3 is 0 Å². The maximum atomic E-state index is 9.00. The third-order valence-corrected chi connectivity index (χ3v) is 0. The van der Waals surface area contributed by atoms with Crippen LogP contribution in [0, 0.1) is 16.2 Å². The number of rotatable bonds is 0. The molecule has 0 aromatic rings. The predicted molar refractivity (Wildman–Crippen MR) is 49.9 cm³/mol. The number of isocyanates is 3. The Morgan fingerprint density at radius 1 is 0.933 bits per heavy atom. The second-order valence-electron chi connectivity index (χ2n) is 0.825. The van der Waals surface area contributed by atoms with Crippen molar-refractivity contribution < 1.29 is 24.3 Å². The molecular formula is C7H13N3O5. The highest BCUT2D eigenvalue weighted by Gasteiger charge is 1.65. The average molecular weight is 219 g/mol. The Hall–Kier alpha value is -2.39. The Kier molecular flexibility index (Phi) is 196. The van der Waals surface area contributed by atoms with Crippen LogP contribution >= 0.6 is 0 Å². The summed E-state index contributed by atoms with van der Waals surface area (Å²) in [6.45, 7) is 5.08. The van der Waals surface area contributed by atoms with E-state index in [4.69, 9.17) is 40.5 Å². The summed E-state index contributed by atoms with van der Waals surface area (Å²) in [4.78, 5) is 34.0. The van der Waals surface area contributed by atoms with Crippen molar-refractivity contribution >= 4 is 24.2 Å². The van der Waals surface area contributed by atoms with Crippen molar-refractivity contribution in [2.24, 2.45) is 0 Å². The van der Waals surface area contributed by atoms with Crippen LogP contribution in [0.4, 0.5) is 0 Å². The molecule has 0 aromatic carbocycles. The Balaban J connectivity index is -0.0000000283. The van der Waals surface area contributed by atoms with Gasteiger partial charge in [0.25, 0.3) is 5.97 Å². The van der Waals surface area contributed by atoms with E-state index >= 15 is 0 Å². The van der Waals surface area contributed by atoms with Crippen molar-refractivity contribution in [2.45, 2.75) is 20.8 Å². The van der Waals surface area contributed by atoms with Gasteiger partial charge in [-0.05, 0) is 0 Å². The number of hydrogen-bond donors (Lipinski definition) is 4. The van der Waals surface area contributed by atoms with Gasteiger partial charge < -0.3 is 5.11 Å². The van der Waals surface area contributed by atoms with E-state index in [1.165, 1.54) is 0 Å². The van der Waals surface area contributed by atoms with Gasteiger partial charge in [0.05, 0.1) is 0 Å². The maximum Gasteiger partial charge on any atom is 0.300 e. The van der Waals surface area contributed by atoms with Crippen LogP contribution < -0.4 is 0 Å². The zero-order valence-corrected chi connectivity index (χ0v) is 8.58. The third kappa shape index (κ3) is 188. The molecule has 0 amide bonds. The molecule has 86 valence electrons. The quantitative estimate of drug-likeness (QED) is 0.349. The van der Waals surface area contributed by atoms with Gasteiger partial charge in [0.2, 0.25) is 18.2 Å². The lowest BCUT2D eigenvalue weighted by Gasteiger charge is -1.59. The molecule has 0 saturated carbocycles. The van der Waals surface area contributed by atoms with Crippen LogP contribution in [0.3, 0.4) is 0 Å². The van der Waals surface area contributed by atoms with Crippen LogP contribution in [0.2, 0.25) is 0 Å². The molecule has 0 aromatic heterocycles. The highest BCUT2D eigenvalue weighted by atomic mass is 16.4. The monoisotopic (exact) mass is 219 g/mol. The SMILES string of the molecule is CC.CC(=O)O.N=C=O.N=C=O.N=C=O. The number of aliphatic carboxylic acids is 1. The molecule has 0 saturated heterocycles. The summed E-state index contributed by atoms with van der Waals surface area (Å²) in [6.07, 6.45) is 2.25. The first-order valence-corrected chi connectivity index (χ1v) is 3.29. The lowest BCUT2D eigenvalue weighted by atomic mass is 10.9. The predicted octanol–water partition coefficient (Wildman–Crippen LogP) is 0.820. The van der Waals surface area contributed by atoms with Crippen molar-refractivity contribution in [1.82, 2.24) is 0 Å². The second kappa shape index (κ2) is 100. The molecule has 0 aliphatic rings. The van der Waals surface area contributed by atoms with Crippen LogP contribution in [0.5, 0.6) is 0 Å². The van der Waals surface area contributed by atoms with Gasteiger partial charge in [-0.1, -0.05) is 13.8 Å². The zero-order valence-electron chi connectivity index (χ0n) is 8.58. The smallest absolute Gasteiger partial charge is 0.300 e. The molecule has 0 aliphatic heterocycles. The van der Waals surface area contributed by atoms with E-state index < -0.39 is 5.97 Å². The molecule has 0 heterocycles. The summed E-state index contributed by atoms with van der Waals surface area (Å²) >= 11 is 0. The number of carbonyl (C=O) groups excluding carboxylic acids is 3. The molecule has 4 N–H and O–H groups in total. The van der Waals surface area contributed by atoms with E-state index in [-0.39, 0.29) is 0 Å². The molecule has 8 heteroatoms. The fraction of sp³-hybridized carbons (Fsp3) is 0.429. The van der Waals surface area contributed by atoms with E-state index in [9.17, 15) is 0 Å². The molecule has 0 aliphatic carbocycles. The normalized spacial score (nSPS) is 3.67. The molecule has 0 fully saturated rings. The first kappa shape index (κ1) is 29.4. The van der Waals surface area contributed by atoms with E-state index in [2.05, 4.69) is 0 Å². The Morgan fingerprint density at radius 3 is 0.933 bits per heavy atom. The molecular weight excluding hydrogens is 206 g/mol. The minimum atomic E-state index is -0.833. The third-order valence-electron chi connectivity index (χ3n) is 0. The highest BCUT2D eigenvalue weighted by Crippen LogP contribution is 1.42. The van der Waals surface area contributed by atoms with Gasteiger partial charge in [0.15, 0.2) is 0 Å². The molecule has 8 nitrogen and oxygen atoms in total. The second-order valence-corrected chi connectivity index (χ2v) is 0.825. The number of carboxylic acid groups (broad SMARTS) is 1. The summed E-state index contributed by atoms with van der Waals surface area (Å²) in [5.41, 5.74) is 0. The van der Waals surface area contributed by atoms with E-state index in [0.717, 1.165) is 25.2 Å². The number of carbonyl (C=O) groups is 1. The summed E-state index contributed by atoms with van der Waals surface area (Å²) in [5, 5.41) is 23.6. The Labute approximate surface area is 86.4 Å². The minimum Gasteiger partial charge on any atom is -0.481 e. The fourth-order valence-electron chi connectivity index (χ4n) is 0. The zero-order chi connectivity index (χ0) is 13.7. The van der Waals surface area contributed by atoms with Crippen LogP contribution in [0.1, 0.15) is 20.8 Å². The summed E-state index contributed by atoms with van der Waals surface area (Å²) < 4.78 is 0. The summed E-state index contributed by atoms with van der Waals surface area (Å²) in [6, 6.07) is 0. The van der Waals surface area contributed by atoms with Gasteiger partial charge in [-0.25, -0.2) is 30.6 Å². The van der Waals surface area contributed by atoms with Crippen molar-refractivity contribution in [3.8, 4) is 0 Å². The van der Waals surface area contributed by atoms with Crippen molar-refractivity contribution in [1.29, 1.82) is 16.2 Å². The first-order chi connectivity index (χ1) is 6.97. The van der Waals surface area contributed by atoms with Crippen molar-refractivity contribution in [3.63, 3.8) is 0 Å². The molecule has 0 bridgehead atoms. The number of carboxylic acids is 1. The highest BCUT2D eigenvalue weighted by molar-refractivity contribution is 5.62. The molecule has 0 rings (SSSR count). The maximum absolute atomic E-state index is 9.00. The van der Waals surface area contributed by atoms with Crippen LogP contribution in [-0.4, -0.2) is 29.3 Å². The minimum absolute atomic E-state index is 0.750. The molecule has 0 spiro atoms. The molecule has 15 heavy (non-hydrogen) atoms. The van der Waals surface area contributed by atoms with Crippen molar-refractivity contribution in [3.05, 3.63) is 0 Å². The van der Waals surface area contributed by atoms with Gasteiger partial charge in [0.1, 0.15) is 0 Å². The van der Waals surface area contributed by atoms with Crippen LogP contribution in [0.15, 0.2) is 0 Å². The number of nitrogens with one attached hydrogen (secondary N) is 3. The number of hydrogen-bond acceptors (Lipinski definition) is 7. The van der Waals surface area contributed by atoms with Gasteiger partial charge in [-0.15, -0.1) is 0 Å². The lowest BCUT2D eigenvalue weighted by molar-refractivity contribution is -0.134. The van der Waals surface area contributed by atoms with Gasteiger partial charge in [-0.2, -0.15) is 0 Å². The van der Waals surface area contributed by atoms with E-state index in [1.54, 1.807) is 0 Å². The lowest BCUT2D eigenvalue weighted by Crippen LogP contribution is -1.78. The molecule has 0 radical (unpaired) electrons. The average Bonchev–Trinajstić information content (AvgIpc) is 2.09. The van der Waals surface area contributed by atoms with Gasteiger partial charge in [0, 0.05) is 6.92 Å². The fourth-order valence-corrected chi connectivity index (χ4v) is 0. The topological polar surface area (TPSA) is 160 Å². The van der Waals surface area contributed by atoms with E-state index in [1.807, 2.05) is 13.8 Å². The van der Waals surface area contributed by atoms with Gasteiger partial charge in [-0.3, -0.25) is 4.79 Å². The standard InChI is InChI=1S/C2H4O2.C2H6.3CHNO/c1-2(3)4;1-2;3*2-1-3/h1H3,(H,3,4);1-2H3;3*2H. The Morgan fingerprint density at radius 2 is 0.933 bits per heavy atom. The first-order valence-electron chi connectivity index (χ1n) is 3.29. The molecule has 0 unspecified atom stereocenters. The Bertz CT molecular complexity index is 176. The van der Waals surface area contributed by atoms with Crippen LogP contribution in [-0.2, 0) is 19.2 Å². The van der Waals surface area contributed by atoms with Crippen LogP contribution in [0.25, 0.3) is 0 Å². The summed E-state index contributed by atoms with van der Waals surface area (Å²) in [5.74, 6) is -0.833. The van der Waals surface area contributed by atoms with E-state index in [0.29, 0.717) is 0 Å². The summed E-state index contributed by atoms with van der Waals surface area (Å²) in [7, 11) is 0. The largest absolute Gasteiger partial charge is 0.481 e. The van der Waals surface area contributed by atoms with Crippen molar-refractivity contribution in [2.75, 3.05) is 0 Å².